The average molecular weight is 539 g/mol. The number of anilines is 1. The highest BCUT2D eigenvalue weighted by Crippen LogP contribution is 2.63. The van der Waals surface area contributed by atoms with E-state index < -0.39 is 35.0 Å². The molecule has 1 spiro atoms. The molecule has 3 aliphatic heterocycles. The summed E-state index contributed by atoms with van der Waals surface area (Å²) in [5.74, 6) is -2.50. The van der Waals surface area contributed by atoms with Crippen LogP contribution < -0.4 is 4.90 Å². The Labute approximate surface area is 231 Å². The number of ether oxygens (including phenoxy) is 2. The fourth-order valence-corrected chi connectivity index (χ4v) is 6.88. The van der Waals surface area contributed by atoms with E-state index >= 15 is 0 Å². The number of carbonyl (C=O) groups is 3. The summed E-state index contributed by atoms with van der Waals surface area (Å²) < 4.78 is 12.1. The first kappa shape index (κ1) is 29.0. The van der Waals surface area contributed by atoms with Gasteiger partial charge in [-0.15, -0.1) is 6.58 Å². The van der Waals surface area contributed by atoms with Gasteiger partial charge in [-0.1, -0.05) is 43.7 Å². The zero-order valence-corrected chi connectivity index (χ0v) is 23.5. The first-order chi connectivity index (χ1) is 18.6. The van der Waals surface area contributed by atoms with Crippen LogP contribution in [0.5, 0.6) is 0 Å². The summed E-state index contributed by atoms with van der Waals surface area (Å²) >= 11 is 0. The van der Waals surface area contributed by atoms with E-state index in [1.165, 1.54) is 6.08 Å². The quantitative estimate of drug-likeness (QED) is 0.233. The van der Waals surface area contributed by atoms with E-state index in [1.54, 1.807) is 15.9 Å². The molecule has 1 N–H and O–H groups in total. The molecule has 3 fully saturated rings. The van der Waals surface area contributed by atoms with Gasteiger partial charge in [0, 0.05) is 25.4 Å². The fourth-order valence-electron chi connectivity index (χ4n) is 6.88. The smallest absolute Gasteiger partial charge is 0.313 e. The Hall–Kier alpha value is -2.97. The molecule has 0 saturated carbocycles. The van der Waals surface area contributed by atoms with Crippen LogP contribution in [0, 0.1) is 25.7 Å². The van der Waals surface area contributed by atoms with Crippen molar-refractivity contribution in [2.75, 3.05) is 31.2 Å². The highest BCUT2D eigenvalue weighted by molar-refractivity contribution is 6.05. The molecule has 2 bridgehead atoms. The number of amides is 2. The molecule has 2 unspecified atom stereocenters. The van der Waals surface area contributed by atoms with Gasteiger partial charge in [0.1, 0.15) is 24.2 Å². The molecule has 1 aromatic carbocycles. The summed E-state index contributed by atoms with van der Waals surface area (Å²) in [6, 6.07) is 5.10. The van der Waals surface area contributed by atoms with Crippen LogP contribution in [-0.4, -0.2) is 71.3 Å². The largest absolute Gasteiger partial charge is 0.461 e. The number of nitrogens with zero attached hydrogens (tertiary/aromatic N) is 2. The molecular formula is C31H42N2O6. The maximum atomic E-state index is 14.6. The molecule has 3 aliphatic rings. The van der Waals surface area contributed by atoms with Crippen LogP contribution in [0.2, 0.25) is 0 Å². The summed E-state index contributed by atoms with van der Waals surface area (Å²) in [4.78, 5) is 45.4. The molecule has 0 radical (unpaired) electrons. The Morgan fingerprint density at radius 2 is 1.92 bits per heavy atom. The van der Waals surface area contributed by atoms with Crippen LogP contribution in [0.3, 0.4) is 0 Å². The number of aliphatic hydroxyl groups is 1. The van der Waals surface area contributed by atoms with Crippen molar-refractivity contribution in [3.05, 3.63) is 54.6 Å². The van der Waals surface area contributed by atoms with Crippen molar-refractivity contribution >= 4 is 23.5 Å². The summed E-state index contributed by atoms with van der Waals surface area (Å²) in [7, 11) is 0. The topological polar surface area (TPSA) is 96.4 Å². The van der Waals surface area contributed by atoms with Crippen molar-refractivity contribution in [2.24, 2.45) is 11.8 Å². The summed E-state index contributed by atoms with van der Waals surface area (Å²) in [5.41, 5.74) is 0.748. The van der Waals surface area contributed by atoms with Crippen LogP contribution in [0.15, 0.2) is 43.5 Å². The molecule has 8 nitrogen and oxygen atoms in total. The second kappa shape index (κ2) is 11.6. The van der Waals surface area contributed by atoms with E-state index in [0.29, 0.717) is 32.2 Å². The van der Waals surface area contributed by atoms with Gasteiger partial charge in [0.05, 0.1) is 11.5 Å². The second-order valence-corrected chi connectivity index (χ2v) is 11.3. The van der Waals surface area contributed by atoms with Gasteiger partial charge in [0.25, 0.3) is 5.91 Å². The fraction of sp³-hybridized carbons (Fsp3) is 0.581. The molecule has 2 amide bonds. The number of aliphatic hydroxyl groups excluding tert-OH is 1. The van der Waals surface area contributed by atoms with Crippen LogP contribution in [0.4, 0.5) is 5.69 Å². The number of hydrogen-bond acceptors (Lipinski definition) is 6. The zero-order valence-electron chi connectivity index (χ0n) is 23.5. The molecule has 1 aromatic rings. The van der Waals surface area contributed by atoms with E-state index in [4.69, 9.17) is 14.6 Å². The van der Waals surface area contributed by atoms with E-state index in [0.717, 1.165) is 29.7 Å². The van der Waals surface area contributed by atoms with Gasteiger partial charge >= 0.3 is 5.97 Å². The van der Waals surface area contributed by atoms with Gasteiger partial charge < -0.3 is 24.4 Å². The van der Waals surface area contributed by atoms with Crippen molar-refractivity contribution in [1.29, 1.82) is 0 Å². The van der Waals surface area contributed by atoms with Gasteiger partial charge in [-0.25, -0.2) is 0 Å². The van der Waals surface area contributed by atoms with Gasteiger partial charge in [-0.05, 0) is 63.6 Å². The molecule has 4 rings (SSSR count). The minimum Gasteiger partial charge on any atom is -0.461 e. The third-order valence-corrected chi connectivity index (χ3v) is 8.65. The standard InChI is InChI=1S/C31H42N2O6/c1-6-16-32(23-20-21(3)12-13-22(23)4)28(36)26-31-15-14-30(5,39-31)25(29(37)38-19-7-2)24(31)27(35)33(26)17-10-8-9-11-18-34/h6-7,12-13,20,24-26,34H,1-2,8-11,14-19H2,3-5H3/t24-,25-,26?,30+,31?/m0/s1. The summed E-state index contributed by atoms with van der Waals surface area (Å²) in [5, 5.41) is 9.15. The van der Waals surface area contributed by atoms with E-state index in [1.807, 2.05) is 39.0 Å². The van der Waals surface area contributed by atoms with Gasteiger partial charge in [-0.2, -0.15) is 0 Å². The van der Waals surface area contributed by atoms with Crippen molar-refractivity contribution in [3.63, 3.8) is 0 Å². The second-order valence-electron chi connectivity index (χ2n) is 11.3. The van der Waals surface area contributed by atoms with Crippen molar-refractivity contribution in [2.45, 2.75) is 76.5 Å². The third kappa shape index (κ3) is 5.05. The van der Waals surface area contributed by atoms with Crippen LogP contribution in [-0.2, 0) is 23.9 Å². The molecular weight excluding hydrogens is 496 g/mol. The Bertz CT molecular complexity index is 1130. The maximum Gasteiger partial charge on any atom is 0.313 e. The lowest BCUT2D eigenvalue weighted by atomic mass is 9.66. The summed E-state index contributed by atoms with van der Waals surface area (Å²) in [6.45, 7) is 14.2. The maximum absolute atomic E-state index is 14.6. The van der Waals surface area contributed by atoms with Gasteiger partial charge in [0.15, 0.2) is 0 Å². The molecule has 8 heteroatoms. The lowest BCUT2D eigenvalue weighted by Gasteiger charge is -2.37. The molecule has 0 aliphatic carbocycles. The molecule has 5 atom stereocenters. The van der Waals surface area contributed by atoms with Crippen molar-refractivity contribution in [3.8, 4) is 0 Å². The van der Waals surface area contributed by atoms with Crippen LogP contribution >= 0.6 is 0 Å². The number of esters is 1. The van der Waals surface area contributed by atoms with Gasteiger partial charge in [-0.3, -0.25) is 14.4 Å². The van der Waals surface area contributed by atoms with E-state index in [2.05, 4.69) is 13.2 Å². The number of hydrogen-bond donors (Lipinski definition) is 1. The predicted octanol–water partition coefficient (Wildman–Crippen LogP) is 3.87. The SMILES string of the molecule is C=CCOC(=O)[C@@H]1[C@H]2C(=O)N(CCCCCCO)C(C(=O)N(CC=C)c3cc(C)ccc3C)C23CC[C@@]1(C)O3. The highest BCUT2D eigenvalue weighted by atomic mass is 16.6. The normalized spacial score (nSPS) is 28.9. The Morgan fingerprint density at radius 1 is 1.18 bits per heavy atom. The Kier molecular flexibility index (Phi) is 8.66. The number of benzene rings is 1. The zero-order chi connectivity index (χ0) is 28.4. The summed E-state index contributed by atoms with van der Waals surface area (Å²) in [6.07, 6.45) is 7.30. The number of fused-ring (bicyclic) bond motifs is 1. The van der Waals surface area contributed by atoms with Crippen LogP contribution in [0.1, 0.15) is 56.6 Å². The minimum absolute atomic E-state index is 0.0516. The monoisotopic (exact) mass is 538 g/mol. The predicted molar refractivity (Wildman–Crippen MR) is 149 cm³/mol. The van der Waals surface area contributed by atoms with Crippen LogP contribution in [0.25, 0.3) is 0 Å². The molecule has 0 aromatic heterocycles. The molecule has 3 heterocycles. The first-order valence-corrected chi connectivity index (χ1v) is 14.0. The molecule has 39 heavy (non-hydrogen) atoms. The Balaban J connectivity index is 1.75. The minimum atomic E-state index is -1.11. The lowest BCUT2D eigenvalue weighted by molar-refractivity contribution is -0.158. The lowest BCUT2D eigenvalue weighted by Crippen LogP contribution is -2.56. The third-order valence-electron chi connectivity index (χ3n) is 8.65. The Morgan fingerprint density at radius 3 is 2.62 bits per heavy atom. The number of likely N-dealkylation sites (tertiary alicyclic amines) is 1. The first-order valence-electron chi connectivity index (χ1n) is 14.0. The number of unbranched alkanes of at least 4 members (excludes halogenated alkanes) is 3. The number of rotatable bonds is 13. The number of aryl methyl sites for hydroxylation is 2. The molecule has 3 saturated heterocycles. The van der Waals surface area contributed by atoms with Crippen molar-refractivity contribution in [1.82, 2.24) is 4.90 Å². The average Bonchev–Trinajstić information content (AvgIpc) is 3.47. The molecule has 212 valence electrons. The number of carbonyl (C=O) groups excluding carboxylic acids is 3. The van der Waals surface area contributed by atoms with Gasteiger partial charge in [0.2, 0.25) is 5.91 Å². The van der Waals surface area contributed by atoms with Crippen molar-refractivity contribution < 1.29 is 29.0 Å². The van der Waals surface area contributed by atoms with E-state index in [9.17, 15) is 14.4 Å². The highest BCUT2D eigenvalue weighted by Gasteiger charge is 2.78. The van der Waals surface area contributed by atoms with E-state index in [-0.39, 0.29) is 31.6 Å².